The van der Waals surface area contributed by atoms with E-state index < -0.39 is 11.8 Å². The van der Waals surface area contributed by atoms with Gasteiger partial charge in [0.2, 0.25) is 6.79 Å². The minimum absolute atomic E-state index is 0.0371. The number of halogens is 2. The first-order valence-electron chi connectivity index (χ1n) is 11.3. The van der Waals surface area contributed by atoms with Crippen LogP contribution in [0.2, 0.25) is 0 Å². The van der Waals surface area contributed by atoms with Crippen molar-refractivity contribution in [3.63, 3.8) is 0 Å². The van der Waals surface area contributed by atoms with Gasteiger partial charge in [0.15, 0.2) is 11.5 Å². The molecule has 0 saturated heterocycles. The topological polar surface area (TPSA) is 63.2 Å². The minimum atomic E-state index is -0.554. The summed E-state index contributed by atoms with van der Waals surface area (Å²) in [5, 5.41) is 0. The van der Waals surface area contributed by atoms with Crippen molar-refractivity contribution < 1.29 is 32.9 Å². The molecule has 0 amide bonds. The first-order valence-corrected chi connectivity index (χ1v) is 12.1. The van der Waals surface area contributed by atoms with Gasteiger partial charge in [-0.1, -0.05) is 24.3 Å². The summed E-state index contributed by atoms with van der Waals surface area (Å²) in [7, 11) is 4.48. The van der Waals surface area contributed by atoms with Gasteiger partial charge in [-0.05, 0) is 75.1 Å². The molecule has 0 spiro atoms. The average molecular weight is 565 g/mol. The molecule has 0 unspecified atom stereocenters. The quantitative estimate of drug-likeness (QED) is 0.232. The Labute approximate surface area is 221 Å². The number of methoxy groups -OCH3 is 3. The lowest BCUT2D eigenvalue weighted by Crippen LogP contribution is -2.05. The standard InChI is InChI=1S/C29H22BrFO6/c1-33-19-9-5-7-17(11-19)21-12-20(16-6-4-8-18(31)10-16)26(27(30)28(21)34-2)22-13-24-25(37-15-36-24)14-23(22)29(32)35-3/h4-14H,15H2,1-3H3. The first kappa shape index (κ1) is 24.6. The van der Waals surface area contributed by atoms with Crippen LogP contribution in [0.4, 0.5) is 4.39 Å². The highest BCUT2D eigenvalue weighted by atomic mass is 79.9. The Kier molecular flexibility index (Phi) is 6.76. The minimum Gasteiger partial charge on any atom is -0.497 e. The van der Waals surface area contributed by atoms with E-state index in [2.05, 4.69) is 15.9 Å². The first-order chi connectivity index (χ1) is 17.9. The molecule has 188 valence electrons. The Balaban J connectivity index is 1.88. The highest BCUT2D eigenvalue weighted by Gasteiger charge is 2.28. The number of benzene rings is 4. The fraction of sp³-hybridized carbons (Fsp3) is 0.138. The highest BCUT2D eigenvalue weighted by Crippen LogP contribution is 2.51. The number of carbonyl (C=O) groups excluding carboxylic acids is 1. The van der Waals surface area contributed by atoms with Crippen LogP contribution in [0.1, 0.15) is 10.4 Å². The summed E-state index contributed by atoms with van der Waals surface area (Å²) in [5.41, 5.74) is 4.23. The van der Waals surface area contributed by atoms with Gasteiger partial charge in [-0.25, -0.2) is 9.18 Å². The Morgan fingerprint density at radius 2 is 1.54 bits per heavy atom. The summed E-state index contributed by atoms with van der Waals surface area (Å²) in [6.07, 6.45) is 0. The number of carbonyl (C=O) groups is 1. The normalized spacial score (nSPS) is 11.8. The smallest absolute Gasteiger partial charge is 0.338 e. The third-order valence-electron chi connectivity index (χ3n) is 6.13. The predicted octanol–water partition coefficient (Wildman–Crippen LogP) is 7.12. The molecule has 1 aliphatic rings. The average Bonchev–Trinajstić information content (AvgIpc) is 3.39. The maximum Gasteiger partial charge on any atom is 0.338 e. The lowest BCUT2D eigenvalue weighted by molar-refractivity contribution is 0.0601. The van der Waals surface area contributed by atoms with Gasteiger partial charge < -0.3 is 23.7 Å². The molecule has 8 heteroatoms. The van der Waals surface area contributed by atoms with E-state index in [1.54, 1.807) is 38.5 Å². The zero-order chi connectivity index (χ0) is 26.1. The molecule has 4 aromatic rings. The molecule has 0 N–H and O–H groups in total. The van der Waals surface area contributed by atoms with Crippen LogP contribution in [0.15, 0.2) is 71.2 Å². The van der Waals surface area contributed by atoms with E-state index in [-0.39, 0.29) is 12.4 Å². The number of fused-ring (bicyclic) bond motifs is 1. The largest absolute Gasteiger partial charge is 0.497 e. The number of hydrogen-bond donors (Lipinski definition) is 0. The van der Waals surface area contributed by atoms with Crippen LogP contribution < -0.4 is 18.9 Å². The number of esters is 1. The van der Waals surface area contributed by atoms with E-state index >= 15 is 0 Å². The molecule has 37 heavy (non-hydrogen) atoms. The molecular formula is C29H22BrFO6. The third kappa shape index (κ3) is 4.49. The van der Waals surface area contributed by atoms with Gasteiger partial charge in [0.05, 0.1) is 31.4 Å². The van der Waals surface area contributed by atoms with Crippen molar-refractivity contribution in [3.05, 3.63) is 82.6 Å². The molecule has 5 rings (SSSR count). The van der Waals surface area contributed by atoms with Gasteiger partial charge in [-0.3, -0.25) is 0 Å². The molecule has 6 nitrogen and oxygen atoms in total. The van der Waals surface area contributed by atoms with Crippen molar-refractivity contribution in [1.82, 2.24) is 0 Å². The Morgan fingerprint density at radius 3 is 2.22 bits per heavy atom. The molecule has 0 bridgehead atoms. The number of rotatable bonds is 6. The zero-order valence-electron chi connectivity index (χ0n) is 20.3. The van der Waals surface area contributed by atoms with Gasteiger partial charge in [-0.2, -0.15) is 0 Å². The van der Waals surface area contributed by atoms with Crippen LogP contribution in [0, 0.1) is 5.82 Å². The van der Waals surface area contributed by atoms with E-state index in [1.165, 1.54) is 19.2 Å². The molecule has 1 heterocycles. The van der Waals surface area contributed by atoms with Crippen LogP contribution in [-0.4, -0.2) is 34.1 Å². The van der Waals surface area contributed by atoms with E-state index in [0.29, 0.717) is 49.7 Å². The third-order valence-corrected chi connectivity index (χ3v) is 6.89. The molecule has 0 radical (unpaired) electrons. The van der Waals surface area contributed by atoms with Crippen LogP contribution >= 0.6 is 15.9 Å². The zero-order valence-corrected chi connectivity index (χ0v) is 21.8. The molecule has 0 atom stereocenters. The Morgan fingerprint density at radius 1 is 0.838 bits per heavy atom. The highest BCUT2D eigenvalue weighted by molar-refractivity contribution is 9.10. The maximum absolute atomic E-state index is 14.4. The van der Waals surface area contributed by atoms with Crippen molar-refractivity contribution >= 4 is 21.9 Å². The summed E-state index contributed by atoms with van der Waals surface area (Å²) in [6.45, 7) is 0.0371. The Hall–Kier alpha value is -4.04. The van der Waals surface area contributed by atoms with Gasteiger partial charge in [-0.15, -0.1) is 0 Å². The van der Waals surface area contributed by atoms with Crippen molar-refractivity contribution in [2.45, 2.75) is 0 Å². The predicted molar refractivity (Wildman–Crippen MR) is 141 cm³/mol. The van der Waals surface area contributed by atoms with Crippen molar-refractivity contribution in [2.75, 3.05) is 28.1 Å². The van der Waals surface area contributed by atoms with Crippen molar-refractivity contribution in [1.29, 1.82) is 0 Å². The van der Waals surface area contributed by atoms with Gasteiger partial charge in [0.1, 0.15) is 17.3 Å². The number of ether oxygens (including phenoxy) is 5. The van der Waals surface area contributed by atoms with Crippen LogP contribution in [-0.2, 0) is 4.74 Å². The number of hydrogen-bond acceptors (Lipinski definition) is 6. The fourth-order valence-corrected chi connectivity index (χ4v) is 5.21. The van der Waals surface area contributed by atoms with E-state index in [9.17, 15) is 9.18 Å². The molecule has 1 aliphatic heterocycles. The molecule has 0 saturated carbocycles. The Bertz CT molecular complexity index is 1520. The maximum atomic E-state index is 14.4. The second-order valence-electron chi connectivity index (χ2n) is 8.18. The lowest BCUT2D eigenvalue weighted by atomic mass is 9.88. The van der Waals surface area contributed by atoms with Gasteiger partial charge in [0.25, 0.3) is 0 Å². The monoisotopic (exact) mass is 564 g/mol. The van der Waals surface area contributed by atoms with Crippen LogP contribution in [0.5, 0.6) is 23.0 Å². The van der Waals surface area contributed by atoms with Crippen molar-refractivity contribution in [2.24, 2.45) is 0 Å². The SMILES string of the molecule is COC(=O)c1cc2c(cc1-c1c(-c3cccc(F)c3)cc(-c3cccc(OC)c3)c(OC)c1Br)OCO2. The van der Waals surface area contributed by atoms with Crippen LogP contribution in [0.25, 0.3) is 33.4 Å². The van der Waals surface area contributed by atoms with Crippen LogP contribution in [0.3, 0.4) is 0 Å². The molecule has 0 aliphatic carbocycles. The van der Waals surface area contributed by atoms with E-state index in [1.807, 2.05) is 30.3 Å². The van der Waals surface area contributed by atoms with E-state index in [4.69, 9.17) is 23.7 Å². The summed E-state index contributed by atoms with van der Waals surface area (Å²) in [6, 6.07) is 19.0. The lowest BCUT2D eigenvalue weighted by Gasteiger charge is -2.21. The van der Waals surface area contributed by atoms with E-state index in [0.717, 1.165) is 11.1 Å². The second kappa shape index (κ2) is 10.1. The summed E-state index contributed by atoms with van der Waals surface area (Å²) < 4.78 is 42.5. The molecule has 4 aromatic carbocycles. The fourth-order valence-electron chi connectivity index (χ4n) is 4.41. The molecule has 0 fully saturated rings. The van der Waals surface area contributed by atoms with Crippen molar-refractivity contribution in [3.8, 4) is 56.4 Å². The van der Waals surface area contributed by atoms with Gasteiger partial charge in [0, 0.05) is 16.7 Å². The summed E-state index contributed by atoms with van der Waals surface area (Å²) in [4.78, 5) is 12.9. The summed E-state index contributed by atoms with van der Waals surface area (Å²) >= 11 is 3.74. The van der Waals surface area contributed by atoms with Gasteiger partial charge >= 0.3 is 5.97 Å². The second-order valence-corrected chi connectivity index (χ2v) is 8.97. The summed E-state index contributed by atoms with van der Waals surface area (Å²) in [5.74, 6) is 1.18. The molecular weight excluding hydrogens is 543 g/mol. The molecule has 0 aromatic heterocycles.